The molecule has 3 rings (SSSR count). The number of aryl methyl sites for hydroxylation is 1. The van der Waals surface area contributed by atoms with E-state index >= 15 is 0 Å². The van der Waals surface area contributed by atoms with Crippen molar-refractivity contribution in [3.63, 3.8) is 0 Å². The van der Waals surface area contributed by atoms with Gasteiger partial charge < -0.3 is 19.5 Å². The van der Waals surface area contributed by atoms with Crippen molar-refractivity contribution in [1.29, 1.82) is 0 Å². The highest BCUT2D eigenvalue weighted by Crippen LogP contribution is 2.23. The fraction of sp³-hybridized carbons (Fsp3) is 0.167. The number of hydrogen-bond acceptors (Lipinski definition) is 5. The van der Waals surface area contributed by atoms with Crippen molar-refractivity contribution in [3.8, 4) is 17.1 Å². The first kappa shape index (κ1) is 17.9. The van der Waals surface area contributed by atoms with Crippen LogP contribution in [0, 0.1) is 0 Å². The molecule has 2 heterocycles. The van der Waals surface area contributed by atoms with Crippen LogP contribution in [0.25, 0.3) is 11.3 Å². The lowest BCUT2D eigenvalue weighted by Gasteiger charge is -2.03. The zero-order chi connectivity index (χ0) is 18.5. The maximum atomic E-state index is 12.0. The number of hydrogen-bond donors (Lipinski definition) is 2. The number of H-pyrrole nitrogens is 1. The molecule has 0 spiro atoms. The smallest absolute Gasteiger partial charge is 0.271 e. The Labute approximate surface area is 157 Å². The first-order chi connectivity index (χ1) is 12.5. The molecule has 0 saturated heterocycles. The Balaban J connectivity index is 1.59. The van der Waals surface area contributed by atoms with E-state index in [4.69, 9.17) is 9.15 Å². The Bertz CT molecular complexity index is 963. The van der Waals surface area contributed by atoms with Gasteiger partial charge in [0.2, 0.25) is 5.91 Å². The van der Waals surface area contributed by atoms with Crippen molar-refractivity contribution in [2.24, 2.45) is 0 Å². The Hall–Kier alpha value is -2.87. The number of nitrogens with zero attached hydrogens (tertiary/aromatic N) is 1. The van der Waals surface area contributed by atoms with Crippen LogP contribution in [0.1, 0.15) is 12.3 Å². The van der Waals surface area contributed by atoms with Gasteiger partial charge in [0.1, 0.15) is 11.4 Å². The van der Waals surface area contributed by atoms with Gasteiger partial charge in [0.15, 0.2) is 11.7 Å². The summed E-state index contributed by atoms with van der Waals surface area (Å²) in [4.78, 5) is 30.4. The van der Waals surface area contributed by atoms with Crippen LogP contribution in [0.15, 0.2) is 56.4 Å². The monoisotopic (exact) mass is 417 g/mol. The predicted octanol–water partition coefficient (Wildman–Crippen LogP) is 3.37. The van der Waals surface area contributed by atoms with Crippen molar-refractivity contribution in [3.05, 3.63) is 63.4 Å². The van der Waals surface area contributed by atoms with Crippen molar-refractivity contribution in [2.75, 3.05) is 12.4 Å². The van der Waals surface area contributed by atoms with E-state index in [1.165, 1.54) is 6.20 Å². The van der Waals surface area contributed by atoms with E-state index in [-0.39, 0.29) is 23.6 Å². The van der Waals surface area contributed by atoms with Gasteiger partial charge in [-0.25, -0.2) is 4.98 Å². The summed E-state index contributed by atoms with van der Waals surface area (Å²) in [6.45, 7) is 0. The number of oxazole rings is 1. The first-order valence-corrected chi connectivity index (χ1v) is 8.61. The van der Waals surface area contributed by atoms with Crippen LogP contribution in [0.4, 0.5) is 5.69 Å². The molecule has 1 aromatic carbocycles. The van der Waals surface area contributed by atoms with E-state index in [9.17, 15) is 9.59 Å². The molecular formula is C18H16BrN3O4. The average molecular weight is 418 g/mol. The Morgan fingerprint density at radius 3 is 2.85 bits per heavy atom. The molecule has 3 aromatic rings. The minimum atomic E-state index is -0.362. The van der Waals surface area contributed by atoms with Crippen molar-refractivity contribution in [1.82, 2.24) is 9.97 Å². The quantitative estimate of drug-likeness (QED) is 0.640. The molecule has 134 valence electrons. The van der Waals surface area contributed by atoms with E-state index in [0.29, 0.717) is 22.5 Å². The summed E-state index contributed by atoms with van der Waals surface area (Å²) in [5.74, 6) is 1.53. The van der Waals surface area contributed by atoms with E-state index in [0.717, 1.165) is 11.3 Å². The Morgan fingerprint density at radius 2 is 2.12 bits per heavy atom. The van der Waals surface area contributed by atoms with Crippen LogP contribution in [-0.2, 0) is 11.2 Å². The van der Waals surface area contributed by atoms with Gasteiger partial charge in [-0.2, -0.15) is 0 Å². The molecule has 0 unspecified atom stereocenters. The molecule has 0 aliphatic heterocycles. The molecule has 0 saturated carbocycles. The van der Waals surface area contributed by atoms with Crippen molar-refractivity contribution >= 4 is 27.5 Å². The minimum absolute atomic E-state index is 0.147. The number of carbonyl (C=O) groups is 1. The summed E-state index contributed by atoms with van der Waals surface area (Å²) in [7, 11) is 1.61. The number of aromatic amines is 1. The van der Waals surface area contributed by atoms with Crippen LogP contribution in [0.5, 0.6) is 5.75 Å². The van der Waals surface area contributed by atoms with E-state index < -0.39 is 0 Å². The van der Waals surface area contributed by atoms with Gasteiger partial charge in [-0.15, -0.1) is 0 Å². The zero-order valence-corrected chi connectivity index (χ0v) is 15.5. The zero-order valence-electron chi connectivity index (χ0n) is 13.9. The number of ether oxygens (including phenoxy) is 1. The molecule has 2 N–H and O–H groups in total. The van der Waals surface area contributed by atoms with Crippen LogP contribution >= 0.6 is 15.9 Å². The topological polar surface area (TPSA) is 97.2 Å². The SMILES string of the molecule is COc1ccc(-c2cnc(CCC(=O)Nc3cc(Br)c[nH]c3=O)o2)cc1. The van der Waals surface area contributed by atoms with Gasteiger partial charge in [-0.05, 0) is 46.3 Å². The second-order valence-electron chi connectivity index (χ2n) is 5.46. The number of methoxy groups -OCH3 is 1. The number of amides is 1. The number of nitrogens with one attached hydrogen (secondary N) is 2. The largest absolute Gasteiger partial charge is 0.497 e. The summed E-state index contributed by atoms with van der Waals surface area (Å²) in [6.07, 6.45) is 3.60. The highest BCUT2D eigenvalue weighted by molar-refractivity contribution is 9.10. The number of rotatable bonds is 6. The first-order valence-electron chi connectivity index (χ1n) is 7.82. The lowest BCUT2D eigenvalue weighted by molar-refractivity contribution is -0.116. The number of anilines is 1. The molecule has 0 aliphatic carbocycles. The molecule has 7 nitrogen and oxygen atoms in total. The molecule has 26 heavy (non-hydrogen) atoms. The third-order valence-electron chi connectivity index (χ3n) is 3.64. The van der Waals surface area contributed by atoms with Crippen LogP contribution < -0.4 is 15.6 Å². The highest BCUT2D eigenvalue weighted by Gasteiger charge is 2.11. The predicted molar refractivity (Wildman–Crippen MR) is 100 cm³/mol. The molecule has 0 bridgehead atoms. The fourth-order valence-electron chi connectivity index (χ4n) is 2.30. The lowest BCUT2D eigenvalue weighted by Crippen LogP contribution is -2.19. The molecular weight excluding hydrogens is 402 g/mol. The van der Waals surface area contributed by atoms with Crippen LogP contribution in [0.2, 0.25) is 0 Å². The summed E-state index contributed by atoms with van der Waals surface area (Å²) in [6, 6.07) is 8.95. The van der Waals surface area contributed by atoms with E-state index in [1.807, 2.05) is 24.3 Å². The van der Waals surface area contributed by atoms with Gasteiger partial charge in [0.25, 0.3) is 5.56 Å². The molecule has 0 fully saturated rings. The van der Waals surface area contributed by atoms with Gasteiger partial charge in [-0.3, -0.25) is 9.59 Å². The second kappa shape index (κ2) is 8.01. The van der Waals surface area contributed by atoms with Gasteiger partial charge >= 0.3 is 0 Å². The van der Waals surface area contributed by atoms with Gasteiger partial charge in [0, 0.05) is 29.1 Å². The highest BCUT2D eigenvalue weighted by atomic mass is 79.9. The number of benzene rings is 1. The molecule has 2 aromatic heterocycles. The number of aromatic nitrogens is 2. The summed E-state index contributed by atoms with van der Waals surface area (Å²) in [5, 5.41) is 2.58. The van der Waals surface area contributed by atoms with E-state index in [1.54, 1.807) is 19.4 Å². The summed E-state index contributed by atoms with van der Waals surface area (Å²) in [5.41, 5.74) is 0.699. The lowest BCUT2D eigenvalue weighted by atomic mass is 10.2. The van der Waals surface area contributed by atoms with E-state index in [2.05, 4.69) is 31.2 Å². The number of carbonyl (C=O) groups excluding carboxylic acids is 1. The molecule has 1 amide bonds. The molecule has 0 aliphatic rings. The van der Waals surface area contributed by atoms with Gasteiger partial charge in [-0.1, -0.05) is 0 Å². The third-order valence-corrected chi connectivity index (χ3v) is 4.09. The summed E-state index contributed by atoms with van der Waals surface area (Å²) >= 11 is 3.24. The number of halogens is 1. The maximum Gasteiger partial charge on any atom is 0.271 e. The third kappa shape index (κ3) is 4.40. The maximum absolute atomic E-state index is 12.0. The van der Waals surface area contributed by atoms with Crippen molar-refractivity contribution in [2.45, 2.75) is 12.8 Å². The normalized spacial score (nSPS) is 10.5. The van der Waals surface area contributed by atoms with Crippen molar-refractivity contribution < 1.29 is 13.9 Å². The Morgan fingerprint density at radius 1 is 1.35 bits per heavy atom. The Kier molecular flexibility index (Phi) is 5.52. The standard InChI is InChI=1S/C18H16BrN3O4/c1-25-13-4-2-11(3-5-13)15-10-20-17(26-15)7-6-16(23)22-14-8-12(19)9-21-18(14)24/h2-5,8-10H,6-7H2,1H3,(H,21,24)(H,22,23). The summed E-state index contributed by atoms with van der Waals surface area (Å²) < 4.78 is 11.5. The minimum Gasteiger partial charge on any atom is -0.497 e. The molecule has 8 heteroatoms. The fourth-order valence-corrected chi connectivity index (χ4v) is 2.64. The molecule has 0 radical (unpaired) electrons. The van der Waals surface area contributed by atoms with Crippen LogP contribution in [-0.4, -0.2) is 23.0 Å². The second-order valence-corrected chi connectivity index (χ2v) is 6.37. The average Bonchev–Trinajstić information content (AvgIpc) is 3.12. The number of pyridine rings is 1. The van der Waals surface area contributed by atoms with Gasteiger partial charge in [0.05, 0.1) is 13.3 Å². The van der Waals surface area contributed by atoms with Crippen LogP contribution in [0.3, 0.4) is 0 Å². The molecule has 0 atom stereocenters.